The number of fused-ring (bicyclic) bond motifs is 12. The predicted octanol–water partition coefficient (Wildman–Crippen LogP) is 8.05. The molecule has 5 aromatic heterocycles. The van der Waals surface area contributed by atoms with Crippen LogP contribution in [0.25, 0.3) is 66.0 Å². The molecule has 0 saturated carbocycles. The van der Waals surface area contributed by atoms with Crippen molar-refractivity contribution in [2.75, 3.05) is 0 Å². The van der Waals surface area contributed by atoms with Gasteiger partial charge in [0.2, 0.25) is 0 Å². The van der Waals surface area contributed by atoms with Gasteiger partial charge in [0.25, 0.3) is 0 Å². The smallest absolute Gasteiger partial charge is 0.497 e. The average molecular weight is 721 g/mol. The van der Waals surface area contributed by atoms with E-state index in [0.29, 0.717) is 11.5 Å². The van der Waals surface area contributed by atoms with E-state index in [1.807, 2.05) is 71.7 Å². The molecule has 0 spiro atoms. The summed E-state index contributed by atoms with van der Waals surface area (Å²) in [6.07, 6.45) is 7.65. The minimum atomic E-state index is 0. The molecule has 0 aliphatic heterocycles. The molecule has 0 aliphatic carbocycles. The van der Waals surface area contributed by atoms with Gasteiger partial charge in [0.15, 0.2) is 0 Å². The number of hydrogen-bond acceptors (Lipinski definition) is 4. The molecule has 4 aromatic carbocycles. The molecule has 9 aromatic rings. The molecule has 42 heavy (non-hydrogen) atoms. The molecule has 5 heterocycles. The van der Waals surface area contributed by atoms with E-state index in [1.54, 1.807) is 0 Å². The maximum atomic E-state index is 6.38. The summed E-state index contributed by atoms with van der Waals surface area (Å²) in [4.78, 5) is 14.3. The largest absolute Gasteiger partial charge is 2.00 e. The van der Waals surface area contributed by atoms with Gasteiger partial charge in [-0.1, -0.05) is 100 Å². The summed E-state index contributed by atoms with van der Waals surface area (Å²) in [5, 5.41) is 6.05. The summed E-state index contributed by atoms with van der Waals surface area (Å²) in [5.41, 5.74) is 5.51. The van der Waals surface area contributed by atoms with E-state index in [-0.39, 0.29) is 21.1 Å². The van der Waals surface area contributed by atoms with Crippen LogP contribution in [0.3, 0.4) is 0 Å². The van der Waals surface area contributed by atoms with Crippen molar-refractivity contribution in [2.24, 2.45) is 0 Å². The second-order valence-electron chi connectivity index (χ2n) is 10.0. The normalized spacial score (nSPS) is 11.6. The zero-order valence-electron chi connectivity index (χ0n) is 21.9. The molecule has 0 bridgehead atoms. The molecule has 0 N–H and O–H groups in total. The van der Waals surface area contributed by atoms with Crippen LogP contribution in [0.2, 0.25) is 0 Å². The van der Waals surface area contributed by atoms with E-state index in [1.165, 1.54) is 0 Å². The number of aromatic nitrogens is 5. The van der Waals surface area contributed by atoms with Gasteiger partial charge < -0.3 is 13.5 Å². The van der Waals surface area contributed by atoms with E-state index < -0.39 is 0 Å². The molecule has 7 heteroatoms. The Bertz CT molecular complexity index is 2460. The molecule has 0 unspecified atom stereocenters. The van der Waals surface area contributed by atoms with Crippen molar-refractivity contribution in [1.29, 1.82) is 0 Å². The van der Waals surface area contributed by atoms with Crippen LogP contribution < -0.4 is 4.74 Å². The molecule has 200 valence electrons. The number of para-hydroxylation sites is 1. The van der Waals surface area contributed by atoms with Crippen molar-refractivity contribution in [3.05, 3.63) is 128 Å². The van der Waals surface area contributed by atoms with Crippen LogP contribution in [-0.4, -0.2) is 23.8 Å². The first-order valence-electron chi connectivity index (χ1n) is 13.4. The molecule has 0 fully saturated rings. The van der Waals surface area contributed by atoms with Gasteiger partial charge in [-0.3, -0.25) is 9.97 Å². The summed E-state index contributed by atoms with van der Waals surface area (Å²) >= 11 is 0. The number of ether oxygens (including phenoxy) is 1. The van der Waals surface area contributed by atoms with Gasteiger partial charge in [-0.25, -0.2) is 4.98 Å². The van der Waals surface area contributed by atoms with Gasteiger partial charge in [0.1, 0.15) is 5.65 Å². The van der Waals surface area contributed by atoms with Crippen LogP contribution in [0.5, 0.6) is 11.5 Å². The molecule has 0 atom stereocenters. The van der Waals surface area contributed by atoms with E-state index in [0.717, 1.165) is 66.0 Å². The fourth-order valence-electron chi connectivity index (χ4n) is 5.85. The summed E-state index contributed by atoms with van der Waals surface area (Å²) in [5.74, 6) is 1.18. The third kappa shape index (κ3) is 3.65. The van der Waals surface area contributed by atoms with Gasteiger partial charge in [0, 0.05) is 47.4 Å². The molecule has 0 amide bonds. The molecule has 0 radical (unpaired) electrons. The quantitative estimate of drug-likeness (QED) is 0.137. The maximum Gasteiger partial charge on any atom is 2.00 e. The van der Waals surface area contributed by atoms with Gasteiger partial charge in [-0.2, -0.15) is 0 Å². The molecule has 0 aliphatic rings. The van der Waals surface area contributed by atoms with Crippen LogP contribution in [-0.2, 0) is 21.1 Å². The summed E-state index contributed by atoms with van der Waals surface area (Å²) in [6.45, 7) is 0. The van der Waals surface area contributed by atoms with Crippen molar-refractivity contribution in [3.8, 4) is 22.8 Å². The van der Waals surface area contributed by atoms with Crippen molar-refractivity contribution in [1.82, 2.24) is 23.8 Å². The van der Waals surface area contributed by atoms with Gasteiger partial charge in [0.05, 0.1) is 17.0 Å². The van der Waals surface area contributed by atoms with Crippen molar-refractivity contribution in [2.45, 2.75) is 0 Å². The fraction of sp³-hybridized carbons (Fsp3) is 0. The Balaban J connectivity index is 0.00000267. The first kappa shape index (κ1) is 24.7. The number of imidazole rings is 2. The summed E-state index contributed by atoms with van der Waals surface area (Å²) in [7, 11) is 0. The second-order valence-corrected chi connectivity index (χ2v) is 10.0. The minimum absolute atomic E-state index is 0. The zero-order valence-corrected chi connectivity index (χ0v) is 24.2. The predicted molar refractivity (Wildman–Crippen MR) is 161 cm³/mol. The first-order valence-corrected chi connectivity index (χ1v) is 13.4. The Morgan fingerprint density at radius 1 is 0.571 bits per heavy atom. The second kappa shape index (κ2) is 9.50. The SMILES string of the molecule is [Pt+2].[c-]1c(Oc2[c-]c3c(cc2)c2cccnc2n2cc(-c4ccccc4)nc32)ccc2c1c1nccn1c1ccccc21. The molecular weight excluding hydrogens is 701 g/mol. The zero-order chi connectivity index (χ0) is 26.9. The number of nitrogens with zero attached hydrogens (tertiary/aromatic N) is 5. The average Bonchev–Trinajstić information content (AvgIpc) is 3.71. The van der Waals surface area contributed by atoms with Gasteiger partial charge in [-0.15, -0.1) is 12.1 Å². The van der Waals surface area contributed by atoms with Crippen molar-refractivity contribution in [3.63, 3.8) is 0 Å². The summed E-state index contributed by atoms with van der Waals surface area (Å²) < 4.78 is 10.5. The number of benzene rings is 4. The van der Waals surface area contributed by atoms with E-state index >= 15 is 0 Å². The Labute approximate surface area is 254 Å². The van der Waals surface area contributed by atoms with E-state index in [2.05, 4.69) is 70.0 Å². The third-order valence-electron chi connectivity index (χ3n) is 7.68. The minimum Gasteiger partial charge on any atom is -0.497 e. The van der Waals surface area contributed by atoms with Gasteiger partial charge in [-0.05, 0) is 22.9 Å². The van der Waals surface area contributed by atoms with Crippen molar-refractivity contribution >= 4 is 54.8 Å². The Hall–Kier alpha value is -5.06. The van der Waals surface area contributed by atoms with Crippen LogP contribution >= 0.6 is 0 Å². The molecule has 6 nitrogen and oxygen atoms in total. The molecule has 0 saturated heterocycles. The van der Waals surface area contributed by atoms with Crippen LogP contribution in [0.1, 0.15) is 0 Å². The first-order chi connectivity index (χ1) is 20.3. The van der Waals surface area contributed by atoms with Crippen LogP contribution in [0.15, 0.2) is 116 Å². The third-order valence-corrected chi connectivity index (χ3v) is 7.68. The summed E-state index contributed by atoms with van der Waals surface area (Å²) in [6, 6.07) is 37.6. The fourth-order valence-corrected chi connectivity index (χ4v) is 5.85. The van der Waals surface area contributed by atoms with Crippen LogP contribution in [0.4, 0.5) is 0 Å². The monoisotopic (exact) mass is 720 g/mol. The topological polar surface area (TPSA) is 56.7 Å². The van der Waals surface area contributed by atoms with E-state index in [4.69, 9.17) is 14.7 Å². The maximum absolute atomic E-state index is 6.38. The molecule has 9 rings (SSSR count). The van der Waals surface area contributed by atoms with Crippen LogP contribution in [0, 0.1) is 12.1 Å². The Kier molecular flexibility index (Phi) is 5.59. The number of hydrogen-bond donors (Lipinski definition) is 0. The number of pyridine rings is 3. The standard InChI is InChI=1S/C35H19N5O.Pt/c1-2-7-22(8-3-1)31-21-40-33-28(10-6-16-36-33)26-15-13-24(20-30(26)35(40)38-31)41-23-12-14-25-27-9-4-5-11-32(27)39-18-17-37-34(39)29(25)19-23;/h1-18,21H;/q-2;+2. The Morgan fingerprint density at radius 2 is 1.26 bits per heavy atom. The van der Waals surface area contributed by atoms with Gasteiger partial charge >= 0.3 is 21.1 Å². The van der Waals surface area contributed by atoms with E-state index in [9.17, 15) is 0 Å². The number of rotatable bonds is 3. The van der Waals surface area contributed by atoms with Crippen molar-refractivity contribution < 1.29 is 25.8 Å². The Morgan fingerprint density at radius 3 is 2.10 bits per heavy atom. The molecular formula is C35H19N5OPt.